The first kappa shape index (κ1) is 14.5. The maximum atomic E-state index is 10.3. The lowest BCUT2D eigenvalue weighted by Crippen LogP contribution is -2.26. The molecule has 0 aliphatic heterocycles. The van der Waals surface area contributed by atoms with Crippen molar-refractivity contribution >= 4 is 10.9 Å². The molecule has 1 heterocycles. The SMILES string of the molecule is C=CCN(CC=C)CCC(O)c1ccc2[nH]ncc2c1. The Labute approximate surface area is 119 Å². The number of hydrogen-bond acceptors (Lipinski definition) is 3. The molecule has 106 valence electrons. The van der Waals surface area contributed by atoms with Crippen LogP contribution in [0.2, 0.25) is 0 Å². The Morgan fingerprint density at radius 1 is 1.30 bits per heavy atom. The fraction of sp³-hybridized carbons (Fsp3) is 0.312. The van der Waals surface area contributed by atoms with E-state index in [4.69, 9.17) is 0 Å². The molecule has 0 amide bonds. The Kier molecular flexibility index (Phi) is 5.09. The number of aromatic nitrogens is 2. The summed E-state index contributed by atoms with van der Waals surface area (Å²) in [5, 5.41) is 18.2. The van der Waals surface area contributed by atoms with Crippen LogP contribution in [-0.4, -0.2) is 39.8 Å². The second-order valence-corrected chi connectivity index (χ2v) is 4.86. The summed E-state index contributed by atoms with van der Waals surface area (Å²) in [5.41, 5.74) is 1.91. The normalized spacial score (nSPS) is 12.7. The van der Waals surface area contributed by atoms with Gasteiger partial charge in [-0.2, -0.15) is 5.10 Å². The van der Waals surface area contributed by atoms with Crippen LogP contribution in [0.4, 0.5) is 0 Å². The van der Waals surface area contributed by atoms with Gasteiger partial charge in [-0.3, -0.25) is 10.00 Å². The zero-order valence-electron chi connectivity index (χ0n) is 11.6. The van der Waals surface area contributed by atoms with Crippen LogP contribution in [-0.2, 0) is 0 Å². The van der Waals surface area contributed by atoms with Crippen LogP contribution in [0, 0.1) is 0 Å². The minimum atomic E-state index is -0.466. The zero-order valence-corrected chi connectivity index (χ0v) is 11.6. The van der Waals surface area contributed by atoms with Crippen molar-refractivity contribution in [1.29, 1.82) is 0 Å². The molecule has 0 fully saturated rings. The van der Waals surface area contributed by atoms with Crippen LogP contribution in [0.1, 0.15) is 18.1 Å². The third kappa shape index (κ3) is 3.56. The summed E-state index contributed by atoms with van der Waals surface area (Å²) in [6.07, 6.45) is 5.73. The Morgan fingerprint density at radius 3 is 2.75 bits per heavy atom. The number of nitrogens with zero attached hydrogens (tertiary/aromatic N) is 2. The quantitative estimate of drug-likeness (QED) is 0.726. The molecular formula is C16H21N3O. The van der Waals surface area contributed by atoms with E-state index in [1.165, 1.54) is 0 Å². The largest absolute Gasteiger partial charge is 0.388 e. The highest BCUT2D eigenvalue weighted by Crippen LogP contribution is 2.21. The van der Waals surface area contributed by atoms with Gasteiger partial charge in [-0.1, -0.05) is 18.2 Å². The summed E-state index contributed by atoms with van der Waals surface area (Å²) < 4.78 is 0. The molecular weight excluding hydrogens is 250 g/mol. The molecule has 4 nitrogen and oxygen atoms in total. The van der Waals surface area contributed by atoms with Crippen molar-refractivity contribution in [3.8, 4) is 0 Å². The van der Waals surface area contributed by atoms with Gasteiger partial charge in [-0.05, 0) is 24.1 Å². The summed E-state index contributed by atoms with van der Waals surface area (Å²) in [4.78, 5) is 2.19. The van der Waals surface area contributed by atoms with Gasteiger partial charge in [0.15, 0.2) is 0 Å². The molecule has 1 atom stereocenters. The van der Waals surface area contributed by atoms with E-state index < -0.39 is 6.10 Å². The number of fused-ring (bicyclic) bond motifs is 1. The molecule has 0 bridgehead atoms. The van der Waals surface area contributed by atoms with Crippen molar-refractivity contribution in [3.05, 3.63) is 55.3 Å². The van der Waals surface area contributed by atoms with Gasteiger partial charge in [0.05, 0.1) is 17.8 Å². The number of benzene rings is 1. The van der Waals surface area contributed by atoms with Crippen LogP contribution in [0.15, 0.2) is 49.7 Å². The van der Waals surface area contributed by atoms with E-state index >= 15 is 0 Å². The second kappa shape index (κ2) is 7.03. The molecule has 0 saturated carbocycles. The van der Waals surface area contributed by atoms with Gasteiger partial charge in [0.1, 0.15) is 0 Å². The van der Waals surface area contributed by atoms with Crippen molar-refractivity contribution in [2.24, 2.45) is 0 Å². The first-order chi connectivity index (χ1) is 9.74. The Morgan fingerprint density at radius 2 is 2.05 bits per heavy atom. The van der Waals surface area contributed by atoms with Crippen LogP contribution in [0.25, 0.3) is 10.9 Å². The average Bonchev–Trinajstić information content (AvgIpc) is 2.92. The van der Waals surface area contributed by atoms with Crippen LogP contribution >= 0.6 is 0 Å². The lowest BCUT2D eigenvalue weighted by molar-refractivity contribution is 0.148. The number of aromatic amines is 1. The van der Waals surface area contributed by atoms with E-state index in [1.54, 1.807) is 6.20 Å². The lowest BCUT2D eigenvalue weighted by atomic mass is 10.0. The zero-order chi connectivity index (χ0) is 14.4. The fourth-order valence-corrected chi connectivity index (χ4v) is 2.26. The Bertz CT molecular complexity index is 566. The van der Waals surface area contributed by atoms with Crippen LogP contribution < -0.4 is 0 Å². The molecule has 0 saturated heterocycles. The lowest BCUT2D eigenvalue weighted by Gasteiger charge is -2.20. The number of aliphatic hydroxyl groups excluding tert-OH is 1. The van der Waals surface area contributed by atoms with E-state index in [0.29, 0.717) is 6.42 Å². The molecule has 2 rings (SSSR count). The third-order valence-electron chi connectivity index (χ3n) is 3.34. The van der Waals surface area contributed by atoms with Crippen molar-refractivity contribution in [2.75, 3.05) is 19.6 Å². The molecule has 2 N–H and O–H groups in total. The number of hydrogen-bond donors (Lipinski definition) is 2. The molecule has 0 aliphatic rings. The number of nitrogens with one attached hydrogen (secondary N) is 1. The van der Waals surface area contributed by atoms with Crippen molar-refractivity contribution < 1.29 is 5.11 Å². The highest BCUT2D eigenvalue weighted by atomic mass is 16.3. The van der Waals surface area contributed by atoms with Gasteiger partial charge in [0.2, 0.25) is 0 Å². The molecule has 0 radical (unpaired) electrons. The maximum absolute atomic E-state index is 10.3. The average molecular weight is 271 g/mol. The Hall–Kier alpha value is -1.91. The minimum absolute atomic E-state index is 0.466. The molecule has 4 heteroatoms. The summed E-state index contributed by atoms with van der Waals surface area (Å²) in [6, 6.07) is 5.87. The van der Waals surface area contributed by atoms with E-state index in [-0.39, 0.29) is 0 Å². The van der Waals surface area contributed by atoms with Crippen LogP contribution in [0.5, 0.6) is 0 Å². The van der Waals surface area contributed by atoms with Gasteiger partial charge in [0, 0.05) is 25.0 Å². The highest BCUT2D eigenvalue weighted by Gasteiger charge is 2.10. The van der Waals surface area contributed by atoms with Crippen molar-refractivity contribution in [2.45, 2.75) is 12.5 Å². The standard InChI is InChI=1S/C16H21N3O/c1-3-8-19(9-4-2)10-7-16(20)13-5-6-15-14(11-13)12-17-18-15/h3-6,11-12,16,20H,1-2,7-10H2,(H,17,18). The molecule has 0 aliphatic carbocycles. The molecule has 0 spiro atoms. The van der Waals surface area contributed by atoms with Gasteiger partial charge in [0.25, 0.3) is 0 Å². The van der Waals surface area contributed by atoms with E-state index in [9.17, 15) is 5.11 Å². The summed E-state index contributed by atoms with van der Waals surface area (Å²) in [6.45, 7) is 9.91. The van der Waals surface area contributed by atoms with E-state index in [2.05, 4.69) is 28.3 Å². The van der Waals surface area contributed by atoms with Crippen LogP contribution in [0.3, 0.4) is 0 Å². The summed E-state index contributed by atoms with van der Waals surface area (Å²) >= 11 is 0. The molecule has 1 unspecified atom stereocenters. The predicted octanol–water partition coefficient (Wildman–Crippen LogP) is 2.66. The molecule has 1 aromatic carbocycles. The van der Waals surface area contributed by atoms with Gasteiger partial charge >= 0.3 is 0 Å². The van der Waals surface area contributed by atoms with Gasteiger partial charge in [-0.25, -0.2) is 0 Å². The monoisotopic (exact) mass is 271 g/mol. The van der Waals surface area contributed by atoms with E-state index in [1.807, 2.05) is 30.4 Å². The smallest absolute Gasteiger partial charge is 0.0802 e. The molecule has 20 heavy (non-hydrogen) atoms. The minimum Gasteiger partial charge on any atom is -0.388 e. The number of aliphatic hydroxyl groups is 1. The number of rotatable bonds is 8. The topological polar surface area (TPSA) is 52.1 Å². The van der Waals surface area contributed by atoms with E-state index in [0.717, 1.165) is 36.1 Å². The van der Waals surface area contributed by atoms with Crippen molar-refractivity contribution in [1.82, 2.24) is 15.1 Å². The summed E-state index contributed by atoms with van der Waals surface area (Å²) in [7, 11) is 0. The maximum Gasteiger partial charge on any atom is 0.0802 e. The summed E-state index contributed by atoms with van der Waals surface area (Å²) in [5.74, 6) is 0. The highest BCUT2D eigenvalue weighted by molar-refractivity contribution is 5.78. The van der Waals surface area contributed by atoms with Gasteiger partial charge in [-0.15, -0.1) is 13.2 Å². The molecule has 2 aromatic rings. The van der Waals surface area contributed by atoms with Gasteiger partial charge < -0.3 is 5.11 Å². The van der Waals surface area contributed by atoms with Crippen molar-refractivity contribution in [3.63, 3.8) is 0 Å². The Balaban J connectivity index is 1.97. The first-order valence-corrected chi connectivity index (χ1v) is 6.80. The fourth-order valence-electron chi connectivity index (χ4n) is 2.26. The first-order valence-electron chi connectivity index (χ1n) is 6.80. The molecule has 1 aromatic heterocycles. The third-order valence-corrected chi connectivity index (χ3v) is 3.34. The predicted molar refractivity (Wildman–Crippen MR) is 82.5 cm³/mol. The number of H-pyrrole nitrogens is 1. The second-order valence-electron chi connectivity index (χ2n) is 4.86.